The third kappa shape index (κ3) is 10.5. The summed E-state index contributed by atoms with van der Waals surface area (Å²) in [7, 11) is 0. The van der Waals surface area contributed by atoms with Crippen molar-refractivity contribution in [2.45, 2.75) is 27.1 Å². The van der Waals surface area contributed by atoms with E-state index in [1.54, 1.807) is 0 Å². The van der Waals surface area contributed by atoms with Gasteiger partial charge < -0.3 is 28.4 Å². The molecule has 0 amide bonds. The number of fused-ring (bicyclic) bond motifs is 2. The molecule has 6 aromatic rings. The first-order valence-corrected chi connectivity index (χ1v) is 16.5. The van der Waals surface area contributed by atoms with Crippen LogP contribution in [0.2, 0.25) is 0 Å². The molecule has 6 heteroatoms. The molecule has 0 atom stereocenters. The molecule has 0 aliphatic heterocycles. The molecule has 0 radical (unpaired) electrons. The van der Waals surface area contributed by atoms with Gasteiger partial charge in [0.15, 0.2) is 23.0 Å². The van der Waals surface area contributed by atoms with E-state index in [-0.39, 0.29) is 0 Å². The van der Waals surface area contributed by atoms with E-state index in [2.05, 4.69) is 48.5 Å². The largest absolute Gasteiger partial charge is 0.490 e. The van der Waals surface area contributed by atoms with Crippen LogP contribution in [-0.4, -0.2) is 39.6 Å². The second kappa shape index (κ2) is 18.9. The average Bonchev–Trinajstić information content (AvgIpc) is 3.13. The van der Waals surface area contributed by atoms with E-state index in [1.807, 2.05) is 98.8 Å². The van der Waals surface area contributed by atoms with Crippen LogP contribution in [0.1, 0.15) is 25.0 Å². The van der Waals surface area contributed by atoms with Crippen LogP contribution < -0.4 is 18.9 Å². The zero-order valence-corrected chi connectivity index (χ0v) is 27.8. The molecule has 0 fully saturated rings. The highest BCUT2D eigenvalue weighted by molar-refractivity contribution is 5.86. The monoisotopic (exact) mass is 644 g/mol. The lowest BCUT2D eigenvalue weighted by atomic mass is 10.1. The van der Waals surface area contributed by atoms with Crippen molar-refractivity contribution < 1.29 is 28.4 Å². The SMILES string of the molecule is CCOc1cc2ccccc2cc1OCCOCc1ccccc1.CCOc1cc2ccccc2cc1OCCOCc1ccccc1. The molecule has 248 valence electrons. The van der Waals surface area contributed by atoms with Crippen molar-refractivity contribution in [2.75, 3.05) is 39.6 Å². The van der Waals surface area contributed by atoms with Crippen molar-refractivity contribution in [3.05, 3.63) is 145 Å². The van der Waals surface area contributed by atoms with Gasteiger partial charge >= 0.3 is 0 Å². The van der Waals surface area contributed by atoms with E-state index in [1.165, 1.54) is 11.1 Å². The van der Waals surface area contributed by atoms with Crippen molar-refractivity contribution in [1.82, 2.24) is 0 Å². The standard InChI is InChI=1S/2C21H22O3/c2*1-2-23-20-14-18-10-6-7-11-19(18)15-21(20)24-13-12-22-16-17-8-4-3-5-9-17/h2*3-11,14-15H,2,12-13,16H2,1H3. The summed E-state index contributed by atoms with van der Waals surface area (Å²) < 4.78 is 34.5. The molecule has 48 heavy (non-hydrogen) atoms. The predicted octanol–water partition coefficient (Wildman–Crippen LogP) is 9.67. The Balaban J connectivity index is 0.000000188. The van der Waals surface area contributed by atoms with Crippen LogP contribution in [0.5, 0.6) is 23.0 Å². The van der Waals surface area contributed by atoms with E-state index in [0.29, 0.717) is 52.9 Å². The molecule has 0 saturated carbocycles. The normalized spacial score (nSPS) is 10.7. The lowest BCUT2D eigenvalue weighted by Crippen LogP contribution is -2.08. The molecule has 0 unspecified atom stereocenters. The smallest absolute Gasteiger partial charge is 0.161 e. The highest BCUT2D eigenvalue weighted by Gasteiger charge is 2.09. The molecule has 6 aromatic carbocycles. The highest BCUT2D eigenvalue weighted by Crippen LogP contribution is 2.33. The fraction of sp³-hybridized carbons (Fsp3) is 0.238. The molecule has 0 aliphatic rings. The quantitative estimate of drug-likeness (QED) is 0.0978. The molecular formula is C42H44O6. The Bertz CT molecular complexity index is 1670. The maximum absolute atomic E-state index is 5.89. The van der Waals surface area contributed by atoms with Crippen molar-refractivity contribution in [1.29, 1.82) is 0 Å². The number of hydrogen-bond donors (Lipinski definition) is 0. The molecule has 0 N–H and O–H groups in total. The van der Waals surface area contributed by atoms with Crippen molar-refractivity contribution >= 4 is 21.5 Å². The van der Waals surface area contributed by atoms with Gasteiger partial charge in [-0.2, -0.15) is 0 Å². The molecular weight excluding hydrogens is 600 g/mol. The second-order valence-electron chi connectivity index (χ2n) is 10.9. The minimum Gasteiger partial charge on any atom is -0.490 e. The van der Waals surface area contributed by atoms with Crippen molar-refractivity contribution in [2.24, 2.45) is 0 Å². The maximum Gasteiger partial charge on any atom is 0.161 e. The van der Waals surface area contributed by atoms with E-state index in [4.69, 9.17) is 28.4 Å². The topological polar surface area (TPSA) is 55.4 Å². The predicted molar refractivity (Wildman–Crippen MR) is 193 cm³/mol. The first-order valence-electron chi connectivity index (χ1n) is 16.5. The van der Waals surface area contributed by atoms with Crippen LogP contribution in [0.4, 0.5) is 0 Å². The van der Waals surface area contributed by atoms with Gasteiger partial charge in [-0.15, -0.1) is 0 Å². The van der Waals surface area contributed by atoms with E-state index < -0.39 is 0 Å². The van der Waals surface area contributed by atoms with Gasteiger partial charge in [-0.3, -0.25) is 0 Å². The Morgan fingerprint density at radius 3 is 1.00 bits per heavy atom. The first kappa shape index (κ1) is 34.3. The number of ether oxygens (including phenoxy) is 6. The van der Waals surface area contributed by atoms with Gasteiger partial charge in [0.25, 0.3) is 0 Å². The maximum atomic E-state index is 5.89. The van der Waals surface area contributed by atoms with Crippen LogP contribution >= 0.6 is 0 Å². The van der Waals surface area contributed by atoms with Crippen LogP contribution in [0.15, 0.2) is 133 Å². The Hall–Kier alpha value is -5.04. The summed E-state index contributed by atoms with van der Waals surface area (Å²) in [6.45, 7) is 8.42. The van der Waals surface area contributed by atoms with Crippen molar-refractivity contribution in [3.8, 4) is 23.0 Å². The van der Waals surface area contributed by atoms with Gasteiger partial charge in [-0.05, 0) is 70.8 Å². The molecule has 0 spiro atoms. The fourth-order valence-corrected chi connectivity index (χ4v) is 5.11. The summed E-state index contributed by atoms with van der Waals surface area (Å²) in [5, 5.41) is 4.57. The minimum absolute atomic E-state index is 0.491. The van der Waals surface area contributed by atoms with E-state index >= 15 is 0 Å². The summed E-state index contributed by atoms with van der Waals surface area (Å²) in [5.41, 5.74) is 2.33. The first-order chi connectivity index (χ1) is 23.7. The minimum atomic E-state index is 0.491. The van der Waals surface area contributed by atoms with E-state index in [0.717, 1.165) is 44.5 Å². The molecule has 6 rings (SSSR count). The third-order valence-electron chi connectivity index (χ3n) is 7.42. The Kier molecular flexibility index (Phi) is 13.5. The van der Waals surface area contributed by atoms with Gasteiger partial charge in [-0.25, -0.2) is 0 Å². The van der Waals surface area contributed by atoms with Crippen LogP contribution in [-0.2, 0) is 22.7 Å². The molecule has 0 aliphatic carbocycles. The lowest BCUT2D eigenvalue weighted by Gasteiger charge is -2.13. The third-order valence-corrected chi connectivity index (χ3v) is 7.42. The van der Waals surface area contributed by atoms with E-state index in [9.17, 15) is 0 Å². The molecule has 6 nitrogen and oxygen atoms in total. The van der Waals surface area contributed by atoms with Gasteiger partial charge in [0.2, 0.25) is 0 Å². The lowest BCUT2D eigenvalue weighted by molar-refractivity contribution is 0.0878. The summed E-state index contributed by atoms with van der Waals surface area (Å²) in [5.74, 6) is 3.08. The summed E-state index contributed by atoms with van der Waals surface area (Å²) >= 11 is 0. The average molecular weight is 645 g/mol. The van der Waals surface area contributed by atoms with Crippen LogP contribution in [0, 0.1) is 0 Å². The molecule has 0 bridgehead atoms. The van der Waals surface area contributed by atoms with Gasteiger partial charge in [-0.1, -0.05) is 109 Å². The molecule has 0 aromatic heterocycles. The van der Waals surface area contributed by atoms with Crippen LogP contribution in [0.3, 0.4) is 0 Å². The number of rotatable bonds is 16. The second-order valence-corrected chi connectivity index (χ2v) is 10.9. The number of hydrogen-bond acceptors (Lipinski definition) is 6. The van der Waals surface area contributed by atoms with Gasteiger partial charge in [0.1, 0.15) is 13.2 Å². The summed E-state index contributed by atoms with van der Waals surface area (Å²) in [6.07, 6.45) is 0. The van der Waals surface area contributed by atoms with Gasteiger partial charge in [0.05, 0.1) is 39.6 Å². The molecule has 0 heterocycles. The summed E-state index contributed by atoms with van der Waals surface area (Å²) in [4.78, 5) is 0. The van der Waals surface area contributed by atoms with Crippen LogP contribution in [0.25, 0.3) is 21.5 Å². The highest BCUT2D eigenvalue weighted by atomic mass is 16.5. The Labute approximate surface area is 283 Å². The number of benzene rings is 6. The Morgan fingerprint density at radius 1 is 0.354 bits per heavy atom. The van der Waals surface area contributed by atoms with Crippen molar-refractivity contribution in [3.63, 3.8) is 0 Å². The zero-order chi connectivity index (χ0) is 33.2. The molecule has 0 saturated heterocycles. The van der Waals surface area contributed by atoms with Gasteiger partial charge in [0, 0.05) is 0 Å². The zero-order valence-electron chi connectivity index (χ0n) is 27.8. The summed E-state index contributed by atoms with van der Waals surface area (Å²) in [6, 6.07) is 44.8. The Morgan fingerprint density at radius 2 is 0.667 bits per heavy atom. The fourth-order valence-electron chi connectivity index (χ4n) is 5.11.